The normalized spacial score (nSPS) is 23.9. The minimum absolute atomic E-state index is 0.319. The molecule has 2 aliphatic rings. The van der Waals surface area contributed by atoms with E-state index in [-0.39, 0.29) is 5.92 Å². The molecule has 1 N–H and O–H groups in total. The van der Waals surface area contributed by atoms with Crippen LogP contribution in [0.25, 0.3) is 0 Å². The highest BCUT2D eigenvalue weighted by Gasteiger charge is 2.31. The molecule has 1 fully saturated rings. The van der Waals surface area contributed by atoms with Crippen molar-refractivity contribution in [3.8, 4) is 0 Å². The molecule has 0 radical (unpaired) electrons. The SMILES string of the molecule is O=C(O)C1CCc2nc(C3CC3)ccc21. The van der Waals surface area contributed by atoms with E-state index in [9.17, 15) is 4.79 Å². The first kappa shape index (κ1) is 8.89. The number of carboxylic acids is 1. The van der Waals surface area contributed by atoms with Gasteiger partial charge in [0.05, 0.1) is 5.92 Å². The first-order valence-electron chi connectivity index (χ1n) is 5.48. The molecule has 1 aromatic heterocycles. The fourth-order valence-electron chi connectivity index (χ4n) is 2.35. The van der Waals surface area contributed by atoms with Crippen molar-refractivity contribution in [2.75, 3.05) is 0 Å². The average molecular weight is 203 g/mol. The number of aryl methyl sites for hydroxylation is 1. The summed E-state index contributed by atoms with van der Waals surface area (Å²) in [6, 6.07) is 3.99. The molecule has 3 heteroatoms. The Morgan fingerprint density at radius 2 is 2.13 bits per heavy atom. The summed E-state index contributed by atoms with van der Waals surface area (Å²) >= 11 is 0. The average Bonchev–Trinajstić information content (AvgIpc) is 2.97. The number of carbonyl (C=O) groups is 1. The maximum absolute atomic E-state index is 11.0. The lowest BCUT2D eigenvalue weighted by Crippen LogP contribution is -2.08. The van der Waals surface area contributed by atoms with E-state index in [4.69, 9.17) is 5.11 Å². The Labute approximate surface area is 88.1 Å². The number of pyridine rings is 1. The minimum atomic E-state index is -0.713. The molecular weight excluding hydrogens is 190 g/mol. The van der Waals surface area contributed by atoms with Gasteiger partial charge < -0.3 is 5.11 Å². The van der Waals surface area contributed by atoms with E-state index >= 15 is 0 Å². The molecular formula is C12H13NO2. The molecule has 3 rings (SSSR count). The number of fused-ring (bicyclic) bond motifs is 1. The second-order valence-corrected chi connectivity index (χ2v) is 4.48. The molecule has 0 bridgehead atoms. The highest BCUT2D eigenvalue weighted by molar-refractivity contribution is 5.77. The van der Waals surface area contributed by atoms with E-state index in [1.165, 1.54) is 18.5 Å². The van der Waals surface area contributed by atoms with Gasteiger partial charge in [0.2, 0.25) is 0 Å². The van der Waals surface area contributed by atoms with E-state index in [2.05, 4.69) is 4.98 Å². The Bertz CT molecular complexity index is 424. The zero-order valence-corrected chi connectivity index (χ0v) is 8.44. The van der Waals surface area contributed by atoms with Crippen LogP contribution >= 0.6 is 0 Å². The summed E-state index contributed by atoms with van der Waals surface area (Å²) in [6.45, 7) is 0. The third-order valence-corrected chi connectivity index (χ3v) is 3.37. The van der Waals surface area contributed by atoms with E-state index in [1.54, 1.807) is 0 Å². The van der Waals surface area contributed by atoms with Crippen molar-refractivity contribution in [3.63, 3.8) is 0 Å². The summed E-state index contributed by atoms with van der Waals surface area (Å²) in [5, 5.41) is 9.02. The topological polar surface area (TPSA) is 50.2 Å². The first-order chi connectivity index (χ1) is 7.25. The highest BCUT2D eigenvalue weighted by atomic mass is 16.4. The zero-order chi connectivity index (χ0) is 10.4. The minimum Gasteiger partial charge on any atom is -0.481 e. The van der Waals surface area contributed by atoms with Crippen LogP contribution in [-0.2, 0) is 11.2 Å². The van der Waals surface area contributed by atoms with Crippen LogP contribution in [0.4, 0.5) is 0 Å². The standard InChI is InChI=1S/C12H13NO2/c14-12(15)9-4-6-11-8(9)3-5-10(13-11)7-1-2-7/h3,5,7,9H,1-2,4,6H2,(H,14,15). The van der Waals surface area contributed by atoms with Gasteiger partial charge in [-0.3, -0.25) is 9.78 Å². The second-order valence-electron chi connectivity index (χ2n) is 4.48. The predicted molar refractivity (Wildman–Crippen MR) is 54.9 cm³/mol. The molecule has 0 spiro atoms. The quantitative estimate of drug-likeness (QED) is 0.800. The van der Waals surface area contributed by atoms with Crippen molar-refractivity contribution >= 4 is 5.97 Å². The summed E-state index contributed by atoms with van der Waals surface area (Å²) in [5.74, 6) is -0.380. The van der Waals surface area contributed by atoms with Gasteiger partial charge in [0.25, 0.3) is 0 Å². The lowest BCUT2D eigenvalue weighted by Gasteiger charge is -2.06. The molecule has 1 aromatic rings. The smallest absolute Gasteiger partial charge is 0.311 e. The summed E-state index contributed by atoms with van der Waals surface area (Å²) in [7, 11) is 0. The number of aromatic nitrogens is 1. The second kappa shape index (κ2) is 3.05. The Kier molecular flexibility index (Phi) is 1.81. The first-order valence-corrected chi connectivity index (χ1v) is 5.48. The van der Waals surface area contributed by atoms with Crippen LogP contribution in [0.2, 0.25) is 0 Å². The van der Waals surface area contributed by atoms with Crippen LogP contribution in [0.1, 0.15) is 48.0 Å². The largest absolute Gasteiger partial charge is 0.481 e. The van der Waals surface area contributed by atoms with Crippen LogP contribution in [-0.4, -0.2) is 16.1 Å². The number of nitrogens with zero attached hydrogens (tertiary/aromatic N) is 1. The number of hydrogen-bond acceptors (Lipinski definition) is 2. The lowest BCUT2D eigenvalue weighted by molar-refractivity contribution is -0.138. The summed E-state index contributed by atoms with van der Waals surface area (Å²) in [6.07, 6.45) is 4.03. The van der Waals surface area contributed by atoms with Crippen LogP contribution in [0, 0.1) is 0 Å². The number of rotatable bonds is 2. The Morgan fingerprint density at radius 3 is 2.80 bits per heavy atom. The molecule has 1 atom stereocenters. The molecule has 3 nitrogen and oxygen atoms in total. The Hall–Kier alpha value is -1.38. The molecule has 15 heavy (non-hydrogen) atoms. The van der Waals surface area contributed by atoms with Gasteiger partial charge >= 0.3 is 5.97 Å². The molecule has 1 saturated carbocycles. The molecule has 0 aliphatic heterocycles. The van der Waals surface area contributed by atoms with Crippen molar-refractivity contribution in [1.82, 2.24) is 4.98 Å². The van der Waals surface area contributed by atoms with Crippen molar-refractivity contribution in [3.05, 3.63) is 29.1 Å². The van der Waals surface area contributed by atoms with E-state index in [0.717, 1.165) is 17.7 Å². The molecule has 0 amide bonds. The van der Waals surface area contributed by atoms with E-state index in [0.29, 0.717) is 12.3 Å². The van der Waals surface area contributed by atoms with Gasteiger partial charge in [0, 0.05) is 17.3 Å². The van der Waals surface area contributed by atoms with Gasteiger partial charge in [-0.15, -0.1) is 0 Å². The van der Waals surface area contributed by atoms with Crippen LogP contribution in [0.5, 0.6) is 0 Å². The number of carboxylic acid groups (broad SMARTS) is 1. The highest BCUT2D eigenvalue weighted by Crippen LogP contribution is 2.41. The van der Waals surface area contributed by atoms with Gasteiger partial charge in [0.1, 0.15) is 0 Å². The van der Waals surface area contributed by atoms with Gasteiger partial charge in [-0.2, -0.15) is 0 Å². The summed E-state index contributed by atoms with van der Waals surface area (Å²) in [5.41, 5.74) is 3.12. The van der Waals surface area contributed by atoms with Crippen molar-refractivity contribution in [1.29, 1.82) is 0 Å². The Balaban J connectivity index is 1.97. The van der Waals surface area contributed by atoms with Crippen LogP contribution < -0.4 is 0 Å². The van der Waals surface area contributed by atoms with Crippen LogP contribution in [0.3, 0.4) is 0 Å². The fourth-order valence-corrected chi connectivity index (χ4v) is 2.35. The third kappa shape index (κ3) is 1.42. The van der Waals surface area contributed by atoms with E-state index in [1.807, 2.05) is 12.1 Å². The van der Waals surface area contributed by atoms with Crippen molar-refractivity contribution in [2.45, 2.75) is 37.5 Å². The van der Waals surface area contributed by atoms with Gasteiger partial charge in [-0.05, 0) is 37.3 Å². The zero-order valence-electron chi connectivity index (χ0n) is 8.44. The summed E-state index contributed by atoms with van der Waals surface area (Å²) in [4.78, 5) is 15.6. The van der Waals surface area contributed by atoms with Crippen molar-refractivity contribution < 1.29 is 9.90 Å². The van der Waals surface area contributed by atoms with Crippen molar-refractivity contribution in [2.24, 2.45) is 0 Å². The Morgan fingerprint density at radius 1 is 1.33 bits per heavy atom. The lowest BCUT2D eigenvalue weighted by atomic mass is 10.0. The predicted octanol–water partition coefficient (Wildman–Crippen LogP) is 2.07. The molecule has 2 aliphatic carbocycles. The molecule has 1 unspecified atom stereocenters. The molecule has 78 valence electrons. The van der Waals surface area contributed by atoms with Gasteiger partial charge in [0.15, 0.2) is 0 Å². The third-order valence-electron chi connectivity index (χ3n) is 3.37. The molecule has 0 saturated heterocycles. The summed E-state index contributed by atoms with van der Waals surface area (Å²) < 4.78 is 0. The van der Waals surface area contributed by atoms with Gasteiger partial charge in [-0.25, -0.2) is 0 Å². The van der Waals surface area contributed by atoms with E-state index < -0.39 is 5.97 Å². The monoisotopic (exact) mass is 203 g/mol. The maximum Gasteiger partial charge on any atom is 0.311 e. The molecule has 1 heterocycles. The number of hydrogen-bond donors (Lipinski definition) is 1. The maximum atomic E-state index is 11.0. The van der Waals surface area contributed by atoms with Crippen LogP contribution in [0.15, 0.2) is 12.1 Å². The fraction of sp³-hybridized carbons (Fsp3) is 0.500. The van der Waals surface area contributed by atoms with Gasteiger partial charge in [-0.1, -0.05) is 6.07 Å². The molecule has 0 aromatic carbocycles. The number of aliphatic carboxylic acids is 1.